The van der Waals surface area contributed by atoms with Crippen molar-refractivity contribution in [2.24, 2.45) is 0 Å². The molecule has 2 aromatic carbocycles. The molecule has 7 heteroatoms. The number of rotatable bonds is 4. The normalized spacial score (nSPS) is 17.4. The van der Waals surface area contributed by atoms with Gasteiger partial charge in [-0.1, -0.05) is 30.5 Å². The summed E-state index contributed by atoms with van der Waals surface area (Å²) >= 11 is 6.37. The van der Waals surface area contributed by atoms with Gasteiger partial charge in [0.25, 0.3) is 5.91 Å². The van der Waals surface area contributed by atoms with Gasteiger partial charge >= 0.3 is 0 Å². The van der Waals surface area contributed by atoms with Crippen molar-refractivity contribution in [1.29, 1.82) is 0 Å². The van der Waals surface area contributed by atoms with Crippen molar-refractivity contribution >= 4 is 17.5 Å². The van der Waals surface area contributed by atoms with Crippen molar-refractivity contribution in [3.8, 4) is 23.0 Å². The monoisotopic (exact) mass is 415 g/mol. The van der Waals surface area contributed by atoms with Crippen LogP contribution >= 0.6 is 11.6 Å². The summed E-state index contributed by atoms with van der Waals surface area (Å²) in [4.78, 5) is 15.5. The summed E-state index contributed by atoms with van der Waals surface area (Å²) in [7, 11) is 0. The molecule has 0 spiro atoms. The van der Waals surface area contributed by atoms with Crippen LogP contribution in [0.3, 0.4) is 0 Å². The second-order valence-electron chi connectivity index (χ2n) is 7.54. The van der Waals surface area contributed by atoms with Gasteiger partial charge in [0.2, 0.25) is 6.79 Å². The predicted molar refractivity (Wildman–Crippen MR) is 107 cm³/mol. The Morgan fingerprint density at radius 3 is 2.62 bits per heavy atom. The maximum atomic E-state index is 13.5. The average molecular weight is 416 g/mol. The smallest absolute Gasteiger partial charge is 0.254 e. The molecule has 2 aromatic rings. The van der Waals surface area contributed by atoms with Crippen LogP contribution in [0.1, 0.15) is 41.6 Å². The maximum Gasteiger partial charge on any atom is 0.254 e. The molecule has 5 rings (SSSR count). The Bertz CT molecular complexity index is 941. The number of amides is 1. The highest BCUT2D eigenvalue weighted by atomic mass is 35.5. The zero-order valence-corrected chi connectivity index (χ0v) is 16.7. The van der Waals surface area contributed by atoms with E-state index in [1.165, 1.54) is 0 Å². The molecule has 1 amide bonds. The number of carbonyl (C=O) groups excluding carboxylic acids is 1. The Morgan fingerprint density at radius 1 is 0.966 bits per heavy atom. The standard InChI is InChI=1S/C22H22ClNO5/c23-17-10-15(11-20-21(17)27-8-7-26-20)22(25)24(16-3-1-2-4-16)12-14-5-6-18-19(9-14)29-13-28-18/h5-6,9-11,16H,1-4,7-8,12-13H2. The highest BCUT2D eigenvalue weighted by Gasteiger charge is 2.30. The maximum absolute atomic E-state index is 13.5. The van der Waals surface area contributed by atoms with Crippen LogP contribution < -0.4 is 18.9 Å². The molecule has 0 radical (unpaired) electrons. The topological polar surface area (TPSA) is 57.2 Å². The van der Waals surface area contributed by atoms with Gasteiger partial charge in [-0.25, -0.2) is 0 Å². The van der Waals surface area contributed by atoms with Crippen LogP contribution in [0.5, 0.6) is 23.0 Å². The second-order valence-corrected chi connectivity index (χ2v) is 7.95. The lowest BCUT2D eigenvalue weighted by atomic mass is 10.1. The minimum atomic E-state index is -0.0477. The molecule has 0 aromatic heterocycles. The summed E-state index contributed by atoms with van der Waals surface area (Å²) in [5.41, 5.74) is 1.53. The van der Waals surface area contributed by atoms with E-state index >= 15 is 0 Å². The number of nitrogens with zero attached hydrogens (tertiary/aromatic N) is 1. The third-order valence-electron chi connectivity index (χ3n) is 5.66. The van der Waals surface area contributed by atoms with E-state index < -0.39 is 0 Å². The van der Waals surface area contributed by atoms with E-state index in [1.54, 1.807) is 12.1 Å². The first-order valence-electron chi connectivity index (χ1n) is 9.98. The molecule has 0 N–H and O–H groups in total. The Morgan fingerprint density at radius 2 is 1.76 bits per heavy atom. The number of hydrogen-bond donors (Lipinski definition) is 0. The van der Waals surface area contributed by atoms with Crippen LogP contribution in [-0.2, 0) is 6.54 Å². The Hall–Kier alpha value is -2.60. The molecular weight excluding hydrogens is 394 g/mol. The molecule has 6 nitrogen and oxygen atoms in total. The van der Waals surface area contributed by atoms with Crippen molar-refractivity contribution in [2.45, 2.75) is 38.3 Å². The van der Waals surface area contributed by atoms with Gasteiger partial charge in [0, 0.05) is 18.2 Å². The third-order valence-corrected chi connectivity index (χ3v) is 5.94. The van der Waals surface area contributed by atoms with Gasteiger partial charge in [0.05, 0.1) is 5.02 Å². The fourth-order valence-corrected chi connectivity index (χ4v) is 4.48. The quantitative estimate of drug-likeness (QED) is 0.739. The SMILES string of the molecule is O=C(c1cc(Cl)c2c(c1)OCCO2)N(Cc1ccc2c(c1)OCO2)C1CCCC1. The van der Waals surface area contributed by atoms with Crippen molar-refractivity contribution in [3.05, 3.63) is 46.5 Å². The highest BCUT2D eigenvalue weighted by molar-refractivity contribution is 6.32. The van der Waals surface area contributed by atoms with Crippen LogP contribution in [0.15, 0.2) is 30.3 Å². The second kappa shape index (κ2) is 7.67. The highest BCUT2D eigenvalue weighted by Crippen LogP contribution is 2.39. The molecule has 0 saturated heterocycles. The minimum Gasteiger partial charge on any atom is -0.486 e. The molecule has 152 valence electrons. The molecule has 1 aliphatic carbocycles. The van der Waals surface area contributed by atoms with Gasteiger partial charge in [0.15, 0.2) is 23.0 Å². The van der Waals surface area contributed by atoms with Crippen molar-refractivity contribution in [2.75, 3.05) is 20.0 Å². The summed E-state index contributed by atoms with van der Waals surface area (Å²) in [6.07, 6.45) is 4.29. The minimum absolute atomic E-state index is 0.0477. The Labute approximate surface area is 174 Å². The molecule has 0 unspecified atom stereocenters. The molecule has 1 fully saturated rings. The molecule has 1 saturated carbocycles. The van der Waals surface area contributed by atoms with Crippen LogP contribution in [0.25, 0.3) is 0 Å². The molecule has 2 heterocycles. The van der Waals surface area contributed by atoms with E-state index in [2.05, 4.69) is 0 Å². The number of benzene rings is 2. The van der Waals surface area contributed by atoms with E-state index in [9.17, 15) is 4.79 Å². The van der Waals surface area contributed by atoms with Gasteiger partial charge in [-0.15, -0.1) is 0 Å². The van der Waals surface area contributed by atoms with Gasteiger partial charge in [-0.3, -0.25) is 4.79 Å². The lowest BCUT2D eigenvalue weighted by molar-refractivity contribution is 0.0663. The van der Waals surface area contributed by atoms with Crippen molar-refractivity contribution < 1.29 is 23.7 Å². The van der Waals surface area contributed by atoms with Gasteiger partial charge < -0.3 is 23.8 Å². The molecule has 0 bridgehead atoms. The molecule has 2 aliphatic heterocycles. The van der Waals surface area contributed by atoms with Gasteiger partial charge in [-0.05, 0) is 42.7 Å². The summed E-state index contributed by atoms with van der Waals surface area (Å²) < 4.78 is 22.1. The lowest BCUT2D eigenvalue weighted by Gasteiger charge is -2.30. The predicted octanol–water partition coefficient (Wildman–Crippen LogP) is 4.42. The van der Waals surface area contributed by atoms with Crippen molar-refractivity contribution in [3.63, 3.8) is 0 Å². The van der Waals surface area contributed by atoms with Crippen LogP contribution in [0, 0.1) is 0 Å². The lowest BCUT2D eigenvalue weighted by Crippen LogP contribution is -2.38. The third kappa shape index (κ3) is 3.57. The molecular formula is C22H22ClNO5. The van der Waals surface area contributed by atoms with E-state index in [0.717, 1.165) is 42.7 Å². The average Bonchev–Trinajstić information content (AvgIpc) is 3.43. The summed E-state index contributed by atoms with van der Waals surface area (Å²) in [6.45, 7) is 1.65. The number of ether oxygens (including phenoxy) is 4. The van der Waals surface area contributed by atoms with Crippen LogP contribution in [-0.4, -0.2) is 36.9 Å². The van der Waals surface area contributed by atoms with E-state index in [0.29, 0.717) is 41.8 Å². The van der Waals surface area contributed by atoms with Crippen LogP contribution in [0.2, 0.25) is 5.02 Å². The Balaban J connectivity index is 1.45. The molecule has 3 aliphatic rings. The Kier molecular flexibility index (Phi) is 4.87. The first-order chi connectivity index (χ1) is 14.2. The zero-order chi connectivity index (χ0) is 19.8. The van der Waals surface area contributed by atoms with Crippen LogP contribution in [0.4, 0.5) is 0 Å². The summed E-state index contributed by atoms with van der Waals surface area (Å²) in [5.74, 6) is 2.46. The number of halogens is 1. The van der Waals surface area contributed by atoms with E-state index in [1.807, 2.05) is 23.1 Å². The van der Waals surface area contributed by atoms with Gasteiger partial charge in [-0.2, -0.15) is 0 Å². The van der Waals surface area contributed by atoms with Crippen molar-refractivity contribution in [1.82, 2.24) is 4.90 Å². The first kappa shape index (κ1) is 18.4. The fraction of sp³-hybridized carbons (Fsp3) is 0.409. The van der Waals surface area contributed by atoms with Gasteiger partial charge in [0.1, 0.15) is 13.2 Å². The van der Waals surface area contributed by atoms with E-state index in [4.69, 9.17) is 30.5 Å². The number of carbonyl (C=O) groups is 1. The molecule has 29 heavy (non-hydrogen) atoms. The fourth-order valence-electron chi connectivity index (χ4n) is 4.22. The summed E-state index contributed by atoms with van der Waals surface area (Å²) in [6, 6.07) is 9.47. The summed E-state index contributed by atoms with van der Waals surface area (Å²) in [5, 5.41) is 0.403. The number of fused-ring (bicyclic) bond motifs is 2. The largest absolute Gasteiger partial charge is 0.486 e. The van der Waals surface area contributed by atoms with E-state index in [-0.39, 0.29) is 18.7 Å². The molecule has 0 atom stereocenters. The zero-order valence-electron chi connectivity index (χ0n) is 16.0. The first-order valence-corrected chi connectivity index (χ1v) is 10.4. The number of hydrogen-bond acceptors (Lipinski definition) is 5.